The third kappa shape index (κ3) is 5.84. The van der Waals surface area contributed by atoms with Crippen LogP contribution < -0.4 is 26.4 Å². The van der Waals surface area contributed by atoms with Crippen molar-refractivity contribution < 1.29 is 23.8 Å². The number of fused-ring (bicyclic) bond motifs is 1. The van der Waals surface area contributed by atoms with Gasteiger partial charge in [0, 0.05) is 17.3 Å². The van der Waals surface area contributed by atoms with Gasteiger partial charge in [0.1, 0.15) is 11.6 Å². The molecule has 11 heteroatoms. The van der Waals surface area contributed by atoms with E-state index in [1.165, 1.54) is 7.11 Å². The van der Waals surface area contributed by atoms with E-state index in [1.54, 1.807) is 55.6 Å². The zero-order chi connectivity index (χ0) is 26.5. The highest BCUT2D eigenvalue weighted by Crippen LogP contribution is 2.29. The summed E-state index contributed by atoms with van der Waals surface area (Å²) >= 11 is 0. The fourth-order valence-electron chi connectivity index (χ4n) is 3.90. The number of benzene rings is 2. The van der Waals surface area contributed by atoms with Gasteiger partial charge in [0.05, 0.1) is 30.3 Å². The average molecular weight is 505 g/mol. The topological polar surface area (TPSA) is 151 Å². The molecule has 0 saturated carbocycles. The van der Waals surface area contributed by atoms with Gasteiger partial charge < -0.3 is 31.5 Å². The van der Waals surface area contributed by atoms with E-state index in [-0.39, 0.29) is 17.2 Å². The van der Waals surface area contributed by atoms with E-state index in [9.17, 15) is 14.7 Å². The van der Waals surface area contributed by atoms with Crippen molar-refractivity contribution in [2.45, 2.75) is 19.0 Å². The molecular weight excluding hydrogens is 479 g/mol. The molecule has 0 aliphatic rings. The Balaban J connectivity index is 1.72. The lowest BCUT2D eigenvalue weighted by Gasteiger charge is -2.27. The SMILES string of the molecule is COc1ccc([C@H](Nc2nc(Nc3ccc4ncccc4c3)c(C(N)=O)cc2F)[C@H](C)NC(=O)O)cc1. The normalized spacial score (nSPS) is 12.4. The van der Waals surface area contributed by atoms with E-state index in [2.05, 4.69) is 25.9 Å². The number of carbonyl (C=O) groups is 2. The van der Waals surface area contributed by atoms with Crippen molar-refractivity contribution in [1.29, 1.82) is 0 Å². The molecule has 2 amide bonds. The number of nitrogens with two attached hydrogens (primary N) is 1. The zero-order valence-corrected chi connectivity index (χ0v) is 20.0. The molecule has 2 aromatic carbocycles. The van der Waals surface area contributed by atoms with Gasteiger partial charge in [-0.25, -0.2) is 14.2 Å². The van der Waals surface area contributed by atoms with Gasteiger partial charge >= 0.3 is 6.09 Å². The van der Waals surface area contributed by atoms with Crippen LogP contribution in [0.15, 0.2) is 66.9 Å². The number of methoxy groups -OCH3 is 1. The molecular formula is C26H25FN6O4. The third-order valence-corrected chi connectivity index (χ3v) is 5.73. The molecule has 2 atom stereocenters. The number of carboxylic acid groups (broad SMARTS) is 1. The second-order valence-corrected chi connectivity index (χ2v) is 8.25. The maximum absolute atomic E-state index is 15.1. The van der Waals surface area contributed by atoms with Crippen molar-refractivity contribution in [3.05, 3.63) is 83.8 Å². The molecule has 0 unspecified atom stereocenters. The number of hydrogen-bond donors (Lipinski definition) is 5. The van der Waals surface area contributed by atoms with Gasteiger partial charge in [0.2, 0.25) is 0 Å². The molecule has 0 radical (unpaired) electrons. The Bertz CT molecular complexity index is 1450. The van der Waals surface area contributed by atoms with Crippen LogP contribution in [0.4, 0.5) is 26.5 Å². The number of rotatable bonds is 9. The van der Waals surface area contributed by atoms with E-state index < -0.39 is 29.9 Å². The number of aromatic nitrogens is 2. The van der Waals surface area contributed by atoms with Crippen LogP contribution in [0.25, 0.3) is 10.9 Å². The maximum Gasteiger partial charge on any atom is 0.404 e. The molecule has 190 valence electrons. The van der Waals surface area contributed by atoms with Gasteiger partial charge in [0.15, 0.2) is 11.6 Å². The molecule has 2 aromatic heterocycles. The summed E-state index contributed by atoms with van der Waals surface area (Å²) < 4.78 is 20.3. The van der Waals surface area contributed by atoms with Crippen molar-refractivity contribution in [2.75, 3.05) is 17.7 Å². The van der Waals surface area contributed by atoms with Gasteiger partial charge in [-0.1, -0.05) is 18.2 Å². The molecule has 0 aliphatic heterocycles. The second kappa shape index (κ2) is 10.8. The van der Waals surface area contributed by atoms with E-state index in [0.29, 0.717) is 17.0 Å². The summed E-state index contributed by atoms with van der Waals surface area (Å²) in [4.78, 5) is 32.0. The Morgan fingerprint density at radius 2 is 1.84 bits per heavy atom. The lowest BCUT2D eigenvalue weighted by molar-refractivity contribution is 0.1000. The molecule has 0 spiro atoms. The summed E-state index contributed by atoms with van der Waals surface area (Å²) in [7, 11) is 1.53. The third-order valence-electron chi connectivity index (χ3n) is 5.73. The van der Waals surface area contributed by atoms with Gasteiger partial charge in [-0.2, -0.15) is 0 Å². The zero-order valence-electron chi connectivity index (χ0n) is 20.0. The Kier molecular flexibility index (Phi) is 7.33. The number of amides is 2. The van der Waals surface area contributed by atoms with Crippen LogP contribution in [0.3, 0.4) is 0 Å². The number of nitrogens with one attached hydrogen (secondary N) is 3. The van der Waals surface area contributed by atoms with Gasteiger partial charge in [-0.3, -0.25) is 9.78 Å². The number of anilines is 3. The van der Waals surface area contributed by atoms with Crippen molar-refractivity contribution >= 4 is 40.2 Å². The van der Waals surface area contributed by atoms with E-state index in [1.807, 2.05) is 12.1 Å². The molecule has 0 aliphatic carbocycles. The summed E-state index contributed by atoms with van der Waals surface area (Å²) in [5, 5.41) is 18.5. The highest BCUT2D eigenvalue weighted by Gasteiger charge is 2.24. The van der Waals surface area contributed by atoms with E-state index in [0.717, 1.165) is 17.0 Å². The van der Waals surface area contributed by atoms with Gasteiger partial charge in [-0.05, 0) is 55.0 Å². The van der Waals surface area contributed by atoms with Gasteiger partial charge in [-0.15, -0.1) is 0 Å². The van der Waals surface area contributed by atoms with Crippen LogP contribution in [0.5, 0.6) is 5.75 Å². The van der Waals surface area contributed by atoms with Gasteiger partial charge in [0.25, 0.3) is 5.91 Å². The van der Waals surface area contributed by atoms with Crippen molar-refractivity contribution in [3.8, 4) is 5.75 Å². The predicted molar refractivity (Wildman–Crippen MR) is 138 cm³/mol. The Labute approximate surface area is 211 Å². The first-order valence-corrected chi connectivity index (χ1v) is 11.3. The quantitative estimate of drug-likeness (QED) is 0.225. The number of hydrogen-bond acceptors (Lipinski definition) is 7. The standard InChI is InChI=1S/C26H25FN6O4/c1-14(30-26(35)36)22(15-5-8-18(37-2)9-6-15)32-25-20(27)13-19(23(28)34)24(33-25)31-17-7-10-21-16(12-17)4-3-11-29-21/h3-14,22,30H,1-2H3,(H2,28,34)(H,35,36)(H2,31,32,33)/t14-,22+/m0/s1. The van der Waals surface area contributed by atoms with Crippen LogP contribution in [0, 0.1) is 5.82 Å². The molecule has 0 bridgehead atoms. The Morgan fingerprint density at radius 3 is 2.51 bits per heavy atom. The van der Waals surface area contributed by atoms with Crippen LogP contribution in [0.1, 0.15) is 28.9 Å². The number of carbonyl (C=O) groups excluding carboxylic acids is 1. The van der Waals surface area contributed by atoms with Crippen molar-refractivity contribution in [3.63, 3.8) is 0 Å². The predicted octanol–water partition coefficient (Wildman–Crippen LogP) is 4.43. The van der Waals surface area contributed by atoms with Crippen molar-refractivity contribution in [1.82, 2.24) is 15.3 Å². The van der Waals surface area contributed by atoms with Crippen LogP contribution in [-0.4, -0.2) is 40.2 Å². The fraction of sp³-hybridized carbons (Fsp3) is 0.154. The monoisotopic (exact) mass is 504 g/mol. The fourth-order valence-corrected chi connectivity index (χ4v) is 3.90. The highest BCUT2D eigenvalue weighted by atomic mass is 19.1. The summed E-state index contributed by atoms with van der Waals surface area (Å²) in [6.45, 7) is 1.63. The number of ether oxygens (including phenoxy) is 1. The van der Waals surface area contributed by atoms with E-state index >= 15 is 4.39 Å². The maximum atomic E-state index is 15.1. The minimum atomic E-state index is -1.24. The summed E-state index contributed by atoms with van der Waals surface area (Å²) in [6.07, 6.45) is 0.443. The molecule has 37 heavy (non-hydrogen) atoms. The Morgan fingerprint density at radius 1 is 1.08 bits per heavy atom. The minimum absolute atomic E-state index is 0.0342. The first-order valence-electron chi connectivity index (χ1n) is 11.3. The first-order chi connectivity index (χ1) is 17.7. The second-order valence-electron chi connectivity index (χ2n) is 8.25. The highest BCUT2D eigenvalue weighted by molar-refractivity contribution is 5.99. The number of primary amides is 1. The molecule has 4 aromatic rings. The summed E-state index contributed by atoms with van der Waals surface area (Å²) in [5.41, 5.74) is 7.36. The molecule has 0 fully saturated rings. The lowest BCUT2D eigenvalue weighted by Crippen LogP contribution is -2.39. The minimum Gasteiger partial charge on any atom is -0.497 e. The molecule has 6 N–H and O–H groups in total. The van der Waals surface area contributed by atoms with Crippen molar-refractivity contribution in [2.24, 2.45) is 5.73 Å². The largest absolute Gasteiger partial charge is 0.497 e. The molecule has 4 rings (SSSR count). The van der Waals surface area contributed by atoms with E-state index in [4.69, 9.17) is 10.5 Å². The van der Waals surface area contributed by atoms with Crippen LogP contribution >= 0.6 is 0 Å². The van der Waals surface area contributed by atoms with Crippen LogP contribution in [0.2, 0.25) is 0 Å². The first kappa shape index (κ1) is 25.2. The molecule has 10 nitrogen and oxygen atoms in total. The molecule has 2 heterocycles. The summed E-state index contributed by atoms with van der Waals surface area (Å²) in [5.74, 6) is -1.26. The molecule has 0 saturated heterocycles. The number of nitrogens with zero attached hydrogens (tertiary/aromatic N) is 2. The van der Waals surface area contributed by atoms with Crippen LogP contribution in [-0.2, 0) is 0 Å². The smallest absolute Gasteiger partial charge is 0.404 e. The number of pyridine rings is 2. The number of halogens is 1. The average Bonchev–Trinajstić information content (AvgIpc) is 2.88. The summed E-state index contributed by atoms with van der Waals surface area (Å²) in [6, 6.07) is 15.5. The lowest BCUT2D eigenvalue weighted by atomic mass is 10.00. The Hall–Kier alpha value is -4.93.